The second-order valence-electron chi connectivity index (χ2n) is 2.62. The van der Waals surface area contributed by atoms with Crippen molar-refractivity contribution in [2.75, 3.05) is 6.61 Å². The quantitative estimate of drug-likeness (QED) is 0.590. The van der Waals surface area contributed by atoms with Gasteiger partial charge >= 0.3 is 5.97 Å². The minimum atomic E-state index is -0.0880. The Kier molecular flexibility index (Phi) is 7.21. The summed E-state index contributed by atoms with van der Waals surface area (Å²) in [5.41, 5.74) is 0. The number of hydrogen-bond donors (Lipinski definition) is 0. The van der Waals surface area contributed by atoms with Crippen molar-refractivity contribution >= 4 is 5.97 Å². The smallest absolute Gasteiger partial charge is 0.305 e. The number of esters is 1. The Morgan fingerprint density at radius 1 is 1.27 bits per heavy atom. The van der Waals surface area contributed by atoms with Gasteiger partial charge in [0.25, 0.3) is 0 Å². The number of hydrogen-bond acceptors (Lipinski definition) is 2. The molecule has 66 valence electrons. The highest BCUT2D eigenvalue weighted by molar-refractivity contribution is 5.69. The SMILES string of the molecule is C1CC1.CCCC(=O)OCC. The van der Waals surface area contributed by atoms with E-state index in [2.05, 4.69) is 4.74 Å². The Bertz CT molecular complexity index is 87.0. The van der Waals surface area contributed by atoms with Gasteiger partial charge in [-0.3, -0.25) is 4.79 Å². The largest absolute Gasteiger partial charge is 0.466 e. The average Bonchev–Trinajstić information content (AvgIpc) is 2.72. The van der Waals surface area contributed by atoms with Crippen LogP contribution in [0.2, 0.25) is 0 Å². The van der Waals surface area contributed by atoms with Crippen LogP contribution in [0.5, 0.6) is 0 Å². The lowest BCUT2D eigenvalue weighted by Gasteiger charge is -1.96. The molecule has 0 atom stereocenters. The summed E-state index contributed by atoms with van der Waals surface area (Å²) < 4.78 is 4.64. The molecule has 0 aromatic heterocycles. The molecule has 1 rings (SSSR count). The maximum Gasteiger partial charge on any atom is 0.305 e. The van der Waals surface area contributed by atoms with Crippen molar-refractivity contribution in [3.8, 4) is 0 Å². The lowest BCUT2D eigenvalue weighted by molar-refractivity contribution is -0.143. The van der Waals surface area contributed by atoms with Gasteiger partial charge in [-0.1, -0.05) is 26.2 Å². The first-order chi connectivity index (χ1) is 5.31. The van der Waals surface area contributed by atoms with E-state index in [4.69, 9.17) is 0 Å². The van der Waals surface area contributed by atoms with Crippen LogP contribution in [0.4, 0.5) is 0 Å². The van der Waals surface area contributed by atoms with Crippen LogP contribution < -0.4 is 0 Å². The third-order valence-electron chi connectivity index (χ3n) is 1.11. The van der Waals surface area contributed by atoms with E-state index in [1.165, 1.54) is 19.3 Å². The highest BCUT2D eigenvalue weighted by atomic mass is 16.5. The number of ether oxygens (including phenoxy) is 1. The van der Waals surface area contributed by atoms with Gasteiger partial charge in [-0.05, 0) is 13.3 Å². The second kappa shape index (κ2) is 7.58. The van der Waals surface area contributed by atoms with Crippen molar-refractivity contribution in [2.45, 2.75) is 46.0 Å². The fourth-order valence-electron chi connectivity index (χ4n) is 0.437. The molecule has 0 radical (unpaired) electrons. The Labute approximate surface area is 68.9 Å². The van der Waals surface area contributed by atoms with Gasteiger partial charge in [-0.15, -0.1) is 0 Å². The predicted octanol–water partition coefficient (Wildman–Crippen LogP) is 2.52. The second-order valence-corrected chi connectivity index (χ2v) is 2.62. The molecular weight excluding hydrogens is 140 g/mol. The molecule has 0 bridgehead atoms. The number of rotatable bonds is 3. The van der Waals surface area contributed by atoms with Crippen LogP contribution in [0.15, 0.2) is 0 Å². The zero-order valence-corrected chi connectivity index (χ0v) is 7.56. The summed E-state index contributed by atoms with van der Waals surface area (Å²) in [6.07, 6.45) is 5.92. The van der Waals surface area contributed by atoms with Crippen molar-refractivity contribution in [1.82, 2.24) is 0 Å². The first-order valence-corrected chi connectivity index (χ1v) is 4.46. The molecule has 0 unspecified atom stereocenters. The molecule has 2 heteroatoms. The molecule has 0 aromatic rings. The molecule has 2 nitrogen and oxygen atoms in total. The summed E-state index contributed by atoms with van der Waals surface area (Å²) >= 11 is 0. The van der Waals surface area contributed by atoms with Crippen LogP contribution in [-0.2, 0) is 9.53 Å². The third kappa shape index (κ3) is 12.6. The molecular formula is C9H18O2. The van der Waals surface area contributed by atoms with E-state index in [-0.39, 0.29) is 5.97 Å². The first kappa shape index (κ1) is 10.5. The molecule has 1 fully saturated rings. The van der Waals surface area contributed by atoms with E-state index in [1.54, 1.807) is 0 Å². The highest BCUT2D eigenvalue weighted by Gasteiger charge is 1.95. The minimum absolute atomic E-state index is 0.0880. The van der Waals surface area contributed by atoms with Crippen LogP contribution in [0, 0.1) is 0 Å². The van der Waals surface area contributed by atoms with Gasteiger partial charge in [0.1, 0.15) is 0 Å². The Morgan fingerprint density at radius 3 is 2.09 bits per heavy atom. The number of carbonyl (C=O) groups is 1. The molecule has 1 aliphatic rings. The van der Waals surface area contributed by atoms with E-state index in [0.717, 1.165) is 6.42 Å². The van der Waals surface area contributed by atoms with E-state index >= 15 is 0 Å². The molecule has 0 saturated heterocycles. The van der Waals surface area contributed by atoms with Crippen LogP contribution in [0.25, 0.3) is 0 Å². The van der Waals surface area contributed by atoms with Gasteiger partial charge in [0.15, 0.2) is 0 Å². The fourth-order valence-corrected chi connectivity index (χ4v) is 0.437. The maximum absolute atomic E-state index is 10.4. The monoisotopic (exact) mass is 158 g/mol. The standard InChI is InChI=1S/C6H12O2.C3H6/c1-3-5-6(7)8-4-2;1-2-3-1/h3-5H2,1-2H3;1-3H2. The molecule has 1 aliphatic carbocycles. The Hall–Kier alpha value is -0.530. The summed E-state index contributed by atoms with van der Waals surface area (Å²) in [6, 6.07) is 0. The van der Waals surface area contributed by atoms with Crippen LogP contribution >= 0.6 is 0 Å². The summed E-state index contributed by atoms with van der Waals surface area (Å²) in [5.74, 6) is -0.0880. The van der Waals surface area contributed by atoms with Gasteiger partial charge < -0.3 is 4.74 Å². The van der Waals surface area contributed by atoms with Gasteiger partial charge in [-0.2, -0.15) is 0 Å². The summed E-state index contributed by atoms with van der Waals surface area (Å²) in [6.45, 7) is 4.27. The third-order valence-corrected chi connectivity index (χ3v) is 1.11. The summed E-state index contributed by atoms with van der Waals surface area (Å²) in [7, 11) is 0. The fraction of sp³-hybridized carbons (Fsp3) is 0.889. The molecule has 0 amide bonds. The topological polar surface area (TPSA) is 26.3 Å². The van der Waals surface area contributed by atoms with Gasteiger partial charge in [0, 0.05) is 6.42 Å². The van der Waals surface area contributed by atoms with Crippen molar-refractivity contribution in [2.24, 2.45) is 0 Å². The molecule has 11 heavy (non-hydrogen) atoms. The zero-order valence-electron chi connectivity index (χ0n) is 7.56. The Balaban J connectivity index is 0.000000271. The minimum Gasteiger partial charge on any atom is -0.466 e. The summed E-state index contributed by atoms with van der Waals surface area (Å²) in [5, 5.41) is 0. The molecule has 0 heterocycles. The Morgan fingerprint density at radius 2 is 1.82 bits per heavy atom. The van der Waals surface area contributed by atoms with Gasteiger partial charge in [0.2, 0.25) is 0 Å². The molecule has 0 aliphatic heterocycles. The number of carbonyl (C=O) groups excluding carboxylic acids is 1. The highest BCUT2D eigenvalue weighted by Crippen LogP contribution is 2.14. The van der Waals surface area contributed by atoms with Crippen molar-refractivity contribution < 1.29 is 9.53 Å². The van der Waals surface area contributed by atoms with Crippen LogP contribution in [0.3, 0.4) is 0 Å². The first-order valence-electron chi connectivity index (χ1n) is 4.46. The van der Waals surface area contributed by atoms with Gasteiger partial charge in [0.05, 0.1) is 6.61 Å². The molecule has 0 aromatic carbocycles. The molecule has 1 saturated carbocycles. The summed E-state index contributed by atoms with van der Waals surface area (Å²) in [4.78, 5) is 10.4. The lowest BCUT2D eigenvalue weighted by atomic mass is 10.3. The van der Waals surface area contributed by atoms with Crippen molar-refractivity contribution in [3.05, 3.63) is 0 Å². The zero-order chi connectivity index (χ0) is 8.53. The lowest BCUT2D eigenvalue weighted by Crippen LogP contribution is -2.01. The molecule has 0 N–H and O–H groups in total. The maximum atomic E-state index is 10.4. The molecule has 0 spiro atoms. The van der Waals surface area contributed by atoms with Crippen molar-refractivity contribution in [3.63, 3.8) is 0 Å². The normalized spacial score (nSPS) is 12.9. The van der Waals surface area contributed by atoms with E-state index in [0.29, 0.717) is 13.0 Å². The average molecular weight is 158 g/mol. The van der Waals surface area contributed by atoms with Crippen molar-refractivity contribution in [1.29, 1.82) is 0 Å². The van der Waals surface area contributed by atoms with E-state index in [9.17, 15) is 4.79 Å². The predicted molar refractivity (Wildman–Crippen MR) is 45.4 cm³/mol. The van der Waals surface area contributed by atoms with Crippen LogP contribution in [-0.4, -0.2) is 12.6 Å². The van der Waals surface area contributed by atoms with Crippen LogP contribution in [0.1, 0.15) is 46.0 Å². The van der Waals surface area contributed by atoms with E-state index in [1.807, 2.05) is 13.8 Å². The van der Waals surface area contributed by atoms with Gasteiger partial charge in [-0.25, -0.2) is 0 Å². The van der Waals surface area contributed by atoms with E-state index < -0.39 is 0 Å².